The molecule has 0 fully saturated rings. The third-order valence-electron chi connectivity index (χ3n) is 3.47. The van der Waals surface area contributed by atoms with E-state index in [1.54, 1.807) is 0 Å². The molecule has 1 heterocycles. The molecule has 0 aliphatic rings. The molecule has 3 aromatic rings. The predicted molar refractivity (Wildman–Crippen MR) is 94.5 cm³/mol. The molecule has 0 aliphatic carbocycles. The fourth-order valence-corrected chi connectivity index (χ4v) is 2.98. The SMILES string of the molecule is Cc1cc2ccccc2n1CC(=O)Nc1ccccc1I. The van der Waals surface area contributed by atoms with Crippen molar-refractivity contribution < 1.29 is 4.79 Å². The Bertz CT molecular complexity index is 807. The van der Waals surface area contributed by atoms with Crippen LogP contribution in [0, 0.1) is 10.5 Å². The van der Waals surface area contributed by atoms with E-state index >= 15 is 0 Å². The Kier molecular flexibility index (Phi) is 3.96. The van der Waals surface area contributed by atoms with Gasteiger partial charge >= 0.3 is 0 Å². The third kappa shape index (κ3) is 2.95. The first-order chi connectivity index (χ1) is 10.1. The molecule has 0 radical (unpaired) electrons. The number of anilines is 1. The standard InChI is InChI=1S/C17H15IN2O/c1-12-10-13-6-2-5-9-16(13)20(12)11-17(21)19-15-8-4-3-7-14(15)18/h2-10H,11H2,1H3,(H,19,21). The number of hydrogen-bond donors (Lipinski definition) is 1. The highest BCUT2D eigenvalue weighted by Crippen LogP contribution is 2.20. The fraction of sp³-hybridized carbons (Fsp3) is 0.118. The maximum atomic E-state index is 12.3. The van der Waals surface area contributed by atoms with Crippen LogP contribution < -0.4 is 5.32 Å². The van der Waals surface area contributed by atoms with E-state index in [0.717, 1.165) is 25.9 Å². The molecule has 1 N–H and O–H groups in total. The van der Waals surface area contributed by atoms with Crippen molar-refractivity contribution in [2.24, 2.45) is 0 Å². The Balaban J connectivity index is 1.84. The van der Waals surface area contributed by atoms with Crippen molar-refractivity contribution in [3.63, 3.8) is 0 Å². The second-order valence-electron chi connectivity index (χ2n) is 4.96. The van der Waals surface area contributed by atoms with Crippen LogP contribution in [0.2, 0.25) is 0 Å². The Morgan fingerprint density at radius 1 is 1.14 bits per heavy atom. The van der Waals surface area contributed by atoms with Crippen LogP contribution in [0.25, 0.3) is 10.9 Å². The van der Waals surface area contributed by atoms with Crippen molar-refractivity contribution in [3.05, 3.63) is 63.9 Å². The lowest BCUT2D eigenvalue weighted by atomic mass is 10.2. The number of nitrogens with zero attached hydrogens (tertiary/aromatic N) is 1. The van der Waals surface area contributed by atoms with Gasteiger partial charge in [0.1, 0.15) is 6.54 Å². The van der Waals surface area contributed by atoms with Gasteiger partial charge in [0.05, 0.1) is 5.69 Å². The molecular weight excluding hydrogens is 375 g/mol. The Hall–Kier alpha value is -1.82. The summed E-state index contributed by atoms with van der Waals surface area (Å²) < 4.78 is 3.08. The largest absolute Gasteiger partial charge is 0.335 e. The van der Waals surface area contributed by atoms with Gasteiger partial charge in [-0.3, -0.25) is 4.79 Å². The van der Waals surface area contributed by atoms with Gasteiger partial charge in [0.15, 0.2) is 0 Å². The number of aryl methyl sites for hydroxylation is 1. The van der Waals surface area contributed by atoms with Gasteiger partial charge in [-0.25, -0.2) is 0 Å². The number of carbonyl (C=O) groups is 1. The van der Waals surface area contributed by atoms with E-state index in [1.165, 1.54) is 0 Å². The van der Waals surface area contributed by atoms with Crippen molar-refractivity contribution in [3.8, 4) is 0 Å². The molecule has 0 bridgehead atoms. The van der Waals surface area contributed by atoms with Gasteiger partial charge in [-0.1, -0.05) is 30.3 Å². The molecule has 106 valence electrons. The summed E-state index contributed by atoms with van der Waals surface area (Å²) in [6, 6.07) is 18.0. The number of carbonyl (C=O) groups excluding carboxylic acids is 1. The number of fused-ring (bicyclic) bond motifs is 1. The van der Waals surface area contributed by atoms with Crippen LogP contribution in [0.1, 0.15) is 5.69 Å². The lowest BCUT2D eigenvalue weighted by Crippen LogP contribution is -2.19. The number of rotatable bonds is 3. The quantitative estimate of drug-likeness (QED) is 0.669. The van der Waals surface area contributed by atoms with Crippen LogP contribution in [0.15, 0.2) is 54.6 Å². The smallest absolute Gasteiger partial charge is 0.244 e. The second kappa shape index (κ2) is 5.89. The molecule has 4 heteroatoms. The molecule has 0 spiro atoms. The Morgan fingerprint density at radius 2 is 1.86 bits per heavy atom. The third-order valence-corrected chi connectivity index (χ3v) is 4.41. The number of amides is 1. The van der Waals surface area contributed by atoms with Crippen LogP contribution in [-0.2, 0) is 11.3 Å². The fourth-order valence-electron chi connectivity index (χ4n) is 2.45. The lowest BCUT2D eigenvalue weighted by Gasteiger charge is -2.10. The zero-order chi connectivity index (χ0) is 14.8. The summed E-state index contributed by atoms with van der Waals surface area (Å²) >= 11 is 2.22. The molecule has 1 amide bonds. The number of benzene rings is 2. The Morgan fingerprint density at radius 3 is 2.67 bits per heavy atom. The monoisotopic (exact) mass is 390 g/mol. The number of nitrogens with one attached hydrogen (secondary N) is 1. The van der Waals surface area contributed by atoms with Gasteiger partial charge in [0.2, 0.25) is 5.91 Å². The van der Waals surface area contributed by atoms with Gasteiger partial charge in [-0.05, 0) is 59.2 Å². The van der Waals surface area contributed by atoms with E-state index in [1.807, 2.05) is 54.0 Å². The molecule has 3 rings (SSSR count). The summed E-state index contributed by atoms with van der Waals surface area (Å²) in [5.74, 6) is -0.0106. The minimum absolute atomic E-state index is 0.0106. The van der Waals surface area contributed by atoms with Crippen LogP contribution in [-0.4, -0.2) is 10.5 Å². The lowest BCUT2D eigenvalue weighted by molar-refractivity contribution is -0.116. The van der Waals surface area contributed by atoms with Gasteiger partial charge in [-0.2, -0.15) is 0 Å². The molecule has 0 unspecified atom stereocenters. The van der Waals surface area contributed by atoms with Gasteiger partial charge in [0, 0.05) is 14.8 Å². The maximum Gasteiger partial charge on any atom is 0.244 e. The molecular formula is C17H15IN2O. The van der Waals surface area contributed by atoms with Crippen molar-refractivity contribution >= 4 is 45.1 Å². The van der Waals surface area contributed by atoms with Crippen molar-refractivity contribution in [1.29, 1.82) is 0 Å². The van der Waals surface area contributed by atoms with E-state index in [2.05, 4.69) is 40.0 Å². The summed E-state index contributed by atoms with van der Waals surface area (Å²) in [5, 5.41) is 4.14. The molecule has 0 atom stereocenters. The van der Waals surface area contributed by atoms with Gasteiger partial charge in [0.25, 0.3) is 0 Å². The molecule has 1 aromatic heterocycles. The maximum absolute atomic E-state index is 12.3. The van der Waals surface area contributed by atoms with Crippen LogP contribution in [0.3, 0.4) is 0 Å². The Labute approximate surface area is 137 Å². The molecule has 0 saturated carbocycles. The predicted octanol–water partition coefficient (Wildman–Crippen LogP) is 4.19. The first-order valence-electron chi connectivity index (χ1n) is 6.74. The molecule has 0 aliphatic heterocycles. The van der Waals surface area contributed by atoms with Crippen LogP contribution in [0.5, 0.6) is 0 Å². The average molecular weight is 390 g/mol. The average Bonchev–Trinajstić information content (AvgIpc) is 2.78. The molecule has 2 aromatic carbocycles. The summed E-state index contributed by atoms with van der Waals surface area (Å²) in [5.41, 5.74) is 3.04. The summed E-state index contributed by atoms with van der Waals surface area (Å²) in [7, 11) is 0. The number of aromatic nitrogens is 1. The van der Waals surface area contributed by atoms with E-state index in [-0.39, 0.29) is 5.91 Å². The topological polar surface area (TPSA) is 34.0 Å². The highest BCUT2D eigenvalue weighted by atomic mass is 127. The molecule has 3 nitrogen and oxygen atoms in total. The van der Waals surface area contributed by atoms with Crippen LogP contribution in [0.4, 0.5) is 5.69 Å². The highest BCUT2D eigenvalue weighted by Gasteiger charge is 2.10. The summed E-state index contributed by atoms with van der Waals surface area (Å²) in [4.78, 5) is 12.3. The minimum Gasteiger partial charge on any atom is -0.335 e. The van der Waals surface area contributed by atoms with Crippen molar-refractivity contribution in [2.45, 2.75) is 13.5 Å². The second-order valence-corrected chi connectivity index (χ2v) is 6.12. The molecule has 21 heavy (non-hydrogen) atoms. The molecule has 0 saturated heterocycles. The van der Waals surface area contributed by atoms with E-state index in [9.17, 15) is 4.79 Å². The first kappa shape index (κ1) is 14.1. The minimum atomic E-state index is -0.0106. The zero-order valence-electron chi connectivity index (χ0n) is 11.6. The number of halogens is 1. The van der Waals surface area contributed by atoms with E-state index in [4.69, 9.17) is 0 Å². The number of para-hydroxylation sites is 2. The first-order valence-corrected chi connectivity index (χ1v) is 7.82. The van der Waals surface area contributed by atoms with E-state index < -0.39 is 0 Å². The van der Waals surface area contributed by atoms with Crippen molar-refractivity contribution in [1.82, 2.24) is 4.57 Å². The van der Waals surface area contributed by atoms with E-state index in [0.29, 0.717) is 6.54 Å². The van der Waals surface area contributed by atoms with Gasteiger partial charge in [-0.15, -0.1) is 0 Å². The van der Waals surface area contributed by atoms with Crippen molar-refractivity contribution in [2.75, 3.05) is 5.32 Å². The van der Waals surface area contributed by atoms with Crippen LogP contribution >= 0.6 is 22.6 Å². The summed E-state index contributed by atoms with van der Waals surface area (Å²) in [6.07, 6.45) is 0. The highest BCUT2D eigenvalue weighted by molar-refractivity contribution is 14.1. The summed E-state index contributed by atoms with van der Waals surface area (Å²) in [6.45, 7) is 2.35. The normalized spacial score (nSPS) is 10.8. The zero-order valence-corrected chi connectivity index (χ0v) is 13.8. The van der Waals surface area contributed by atoms with Gasteiger partial charge < -0.3 is 9.88 Å². The number of hydrogen-bond acceptors (Lipinski definition) is 1.